The first kappa shape index (κ1) is 27.5. The summed E-state index contributed by atoms with van der Waals surface area (Å²) >= 11 is 0. The smallest absolute Gasteiger partial charge is 0.242 e. The van der Waals surface area contributed by atoms with Crippen LogP contribution in [0.15, 0.2) is 114 Å². The van der Waals surface area contributed by atoms with Gasteiger partial charge in [0, 0.05) is 21.8 Å². The molecule has 8 aromatic rings. The van der Waals surface area contributed by atoms with Crippen molar-refractivity contribution < 1.29 is 4.42 Å². The Morgan fingerprint density at radius 1 is 0.511 bits per heavy atom. The molecule has 2 aromatic heterocycles. The van der Waals surface area contributed by atoms with Crippen molar-refractivity contribution in [1.29, 1.82) is 0 Å². The fourth-order valence-corrected chi connectivity index (χ4v) is 8.10. The summed E-state index contributed by atoms with van der Waals surface area (Å²) in [6.45, 7) is 13.6. The van der Waals surface area contributed by atoms with Crippen molar-refractivity contribution in [3.05, 3.63) is 143 Å². The van der Waals surface area contributed by atoms with Gasteiger partial charge in [0.15, 0.2) is 0 Å². The number of aryl methyl sites for hydroxylation is 6. The molecule has 6 aromatic carbocycles. The van der Waals surface area contributed by atoms with Gasteiger partial charge in [-0.2, -0.15) is 0 Å². The van der Waals surface area contributed by atoms with Gasteiger partial charge in [0.1, 0.15) is 11.2 Å². The second-order valence-corrected chi connectivity index (χ2v) is 12.9. The second kappa shape index (κ2) is 10.3. The lowest BCUT2D eigenvalue weighted by molar-refractivity contribution is 0.673. The maximum absolute atomic E-state index is 6.52. The summed E-state index contributed by atoms with van der Waals surface area (Å²) in [5, 5.41) is 4.69. The van der Waals surface area contributed by atoms with Crippen molar-refractivity contribution in [2.45, 2.75) is 41.5 Å². The molecule has 218 valence electrons. The normalized spacial score (nSPS) is 11.8. The average Bonchev–Trinajstić information content (AvgIpc) is 3.55. The molecular formula is C42H36BNO. The molecule has 0 aliphatic heterocycles. The number of para-hydroxylation sites is 2. The number of hydrogen-bond acceptors (Lipinski definition) is 1. The van der Waals surface area contributed by atoms with Crippen LogP contribution in [-0.2, 0) is 0 Å². The van der Waals surface area contributed by atoms with Crippen LogP contribution in [0.25, 0.3) is 49.4 Å². The van der Waals surface area contributed by atoms with Crippen molar-refractivity contribution in [3.8, 4) is 5.69 Å². The van der Waals surface area contributed by atoms with E-state index in [-0.39, 0.29) is 6.71 Å². The topological polar surface area (TPSA) is 18.1 Å². The molecule has 0 bridgehead atoms. The maximum atomic E-state index is 6.52. The van der Waals surface area contributed by atoms with E-state index in [0.29, 0.717) is 0 Å². The van der Waals surface area contributed by atoms with Gasteiger partial charge < -0.3 is 8.98 Å². The molecule has 3 heteroatoms. The lowest BCUT2D eigenvalue weighted by Crippen LogP contribution is -2.55. The molecule has 0 aliphatic rings. The van der Waals surface area contributed by atoms with E-state index in [9.17, 15) is 0 Å². The third kappa shape index (κ3) is 4.25. The Kier molecular flexibility index (Phi) is 6.29. The van der Waals surface area contributed by atoms with Gasteiger partial charge in [0.05, 0.1) is 16.4 Å². The zero-order valence-corrected chi connectivity index (χ0v) is 26.8. The second-order valence-electron chi connectivity index (χ2n) is 12.9. The highest BCUT2D eigenvalue weighted by molar-refractivity contribution is 6.96. The number of furan rings is 1. The summed E-state index contributed by atoms with van der Waals surface area (Å²) in [6, 6.07) is 40.1. The van der Waals surface area contributed by atoms with Crippen LogP contribution >= 0.6 is 0 Å². The monoisotopic (exact) mass is 581 g/mol. The van der Waals surface area contributed by atoms with Crippen molar-refractivity contribution in [1.82, 2.24) is 4.57 Å². The third-order valence-corrected chi connectivity index (χ3v) is 9.72. The van der Waals surface area contributed by atoms with E-state index in [4.69, 9.17) is 4.42 Å². The number of benzene rings is 6. The highest BCUT2D eigenvalue weighted by Gasteiger charge is 2.28. The molecular weight excluding hydrogens is 545 g/mol. The van der Waals surface area contributed by atoms with Gasteiger partial charge in [-0.25, -0.2) is 0 Å². The number of rotatable bonds is 4. The van der Waals surface area contributed by atoms with Crippen LogP contribution in [0.1, 0.15) is 33.4 Å². The summed E-state index contributed by atoms with van der Waals surface area (Å²) < 4.78 is 8.91. The molecule has 0 atom stereocenters. The van der Waals surface area contributed by atoms with Gasteiger partial charge in [-0.3, -0.25) is 0 Å². The minimum Gasteiger partial charge on any atom is -0.455 e. The number of aromatic nitrogens is 1. The van der Waals surface area contributed by atoms with E-state index in [1.54, 1.807) is 0 Å². The van der Waals surface area contributed by atoms with Crippen LogP contribution in [0.2, 0.25) is 0 Å². The minimum absolute atomic E-state index is 0.147. The van der Waals surface area contributed by atoms with Crippen molar-refractivity contribution in [2.24, 2.45) is 0 Å². The zero-order valence-electron chi connectivity index (χ0n) is 26.8. The molecule has 0 unspecified atom stereocenters. The van der Waals surface area contributed by atoms with Crippen molar-refractivity contribution in [2.75, 3.05) is 0 Å². The molecule has 2 heterocycles. The molecule has 0 spiro atoms. The van der Waals surface area contributed by atoms with E-state index in [1.807, 2.05) is 6.07 Å². The molecule has 0 aliphatic carbocycles. The first-order valence-corrected chi connectivity index (χ1v) is 15.9. The van der Waals surface area contributed by atoms with Crippen LogP contribution in [-0.4, -0.2) is 11.3 Å². The predicted octanol–water partition coefficient (Wildman–Crippen LogP) is 9.05. The minimum atomic E-state index is 0.147. The lowest BCUT2D eigenvalue weighted by atomic mass is 9.34. The Hall–Kier alpha value is -5.02. The quantitative estimate of drug-likeness (QED) is 0.190. The molecule has 2 nitrogen and oxygen atoms in total. The van der Waals surface area contributed by atoms with E-state index in [0.717, 1.165) is 38.5 Å². The van der Waals surface area contributed by atoms with Gasteiger partial charge in [-0.15, -0.1) is 0 Å². The number of fused-ring (bicyclic) bond motifs is 7. The van der Waals surface area contributed by atoms with E-state index < -0.39 is 0 Å². The van der Waals surface area contributed by atoms with Crippen LogP contribution in [0.5, 0.6) is 0 Å². The molecule has 0 saturated carbocycles. The molecule has 0 N–H and O–H groups in total. The molecule has 0 fully saturated rings. The Labute approximate surface area is 265 Å². The Morgan fingerprint density at radius 2 is 1.07 bits per heavy atom. The van der Waals surface area contributed by atoms with Gasteiger partial charge in [0.2, 0.25) is 6.71 Å². The Morgan fingerprint density at radius 3 is 1.69 bits per heavy atom. The Bertz CT molecular complexity index is 2340. The SMILES string of the molecule is Cc1cc(C)c(B(c2ccc(-n3c4ccccc4c4c5oc6ccccc6c5ccc43)cc2)c2c(C)cc(C)cc2C)c(C)c1. The van der Waals surface area contributed by atoms with E-state index in [1.165, 1.54) is 60.7 Å². The number of nitrogens with zero attached hydrogens (tertiary/aromatic N) is 1. The largest absolute Gasteiger partial charge is 0.455 e. The highest BCUT2D eigenvalue weighted by Crippen LogP contribution is 2.40. The maximum Gasteiger partial charge on any atom is 0.242 e. The fraction of sp³-hybridized carbons (Fsp3) is 0.143. The standard InChI is InChI=1S/C42H36BNO/c1-25-21-27(3)40(28(4)22-25)43(41-29(5)23-26(2)24-30(41)6)31-15-17-32(18-16-31)44-36-13-9-7-12-35(36)39-37(44)20-19-34-33-11-8-10-14-38(33)45-42(34)39/h7-24H,1-6H3. The average molecular weight is 582 g/mol. The van der Waals surface area contributed by atoms with Gasteiger partial charge in [-0.1, -0.05) is 123 Å². The van der Waals surface area contributed by atoms with Crippen LogP contribution < -0.4 is 16.4 Å². The Balaban J connectivity index is 1.35. The third-order valence-electron chi connectivity index (χ3n) is 9.72. The van der Waals surface area contributed by atoms with Crippen molar-refractivity contribution >= 4 is 66.8 Å². The van der Waals surface area contributed by atoms with E-state index in [2.05, 4.69) is 149 Å². The number of hydrogen-bond donors (Lipinski definition) is 0. The summed E-state index contributed by atoms with van der Waals surface area (Å²) in [7, 11) is 0. The fourth-order valence-electron chi connectivity index (χ4n) is 8.10. The molecule has 0 amide bonds. The first-order chi connectivity index (χ1) is 21.8. The summed E-state index contributed by atoms with van der Waals surface area (Å²) in [5.41, 5.74) is 17.5. The summed E-state index contributed by atoms with van der Waals surface area (Å²) in [5.74, 6) is 0. The molecule has 45 heavy (non-hydrogen) atoms. The van der Waals surface area contributed by atoms with Gasteiger partial charge >= 0.3 is 0 Å². The van der Waals surface area contributed by atoms with Gasteiger partial charge in [-0.05, 0) is 77.9 Å². The summed E-state index contributed by atoms with van der Waals surface area (Å²) in [4.78, 5) is 0. The lowest BCUT2D eigenvalue weighted by Gasteiger charge is -2.25. The molecule has 0 saturated heterocycles. The van der Waals surface area contributed by atoms with Crippen LogP contribution in [0, 0.1) is 41.5 Å². The van der Waals surface area contributed by atoms with Gasteiger partial charge in [0.25, 0.3) is 0 Å². The first-order valence-electron chi connectivity index (χ1n) is 15.9. The summed E-state index contributed by atoms with van der Waals surface area (Å²) in [6.07, 6.45) is 0. The highest BCUT2D eigenvalue weighted by atomic mass is 16.3. The van der Waals surface area contributed by atoms with Crippen LogP contribution in [0.3, 0.4) is 0 Å². The predicted molar refractivity (Wildman–Crippen MR) is 194 cm³/mol. The molecule has 8 rings (SSSR count). The molecule has 0 radical (unpaired) electrons. The van der Waals surface area contributed by atoms with Crippen molar-refractivity contribution in [3.63, 3.8) is 0 Å². The van der Waals surface area contributed by atoms with E-state index >= 15 is 0 Å². The van der Waals surface area contributed by atoms with Crippen LogP contribution in [0.4, 0.5) is 0 Å². The zero-order chi connectivity index (χ0) is 31.0.